The predicted molar refractivity (Wildman–Crippen MR) is 122 cm³/mol. The number of hydrogen-bond acceptors (Lipinski definition) is 9. The van der Waals surface area contributed by atoms with Crippen molar-refractivity contribution in [1.82, 2.24) is 4.98 Å². The first-order valence-corrected chi connectivity index (χ1v) is 10.5. The highest BCUT2D eigenvalue weighted by molar-refractivity contribution is 7.12. The van der Waals surface area contributed by atoms with E-state index in [0.29, 0.717) is 21.5 Å². The summed E-state index contributed by atoms with van der Waals surface area (Å²) in [6.45, 7) is 1.86. The predicted octanol–water partition coefficient (Wildman–Crippen LogP) is 4.45. The summed E-state index contributed by atoms with van der Waals surface area (Å²) in [5.74, 6) is -1.07. The van der Waals surface area contributed by atoms with Gasteiger partial charge in [0.25, 0.3) is 0 Å². The number of fused-ring (bicyclic) bond motifs is 2. The van der Waals surface area contributed by atoms with E-state index >= 15 is 0 Å². The second kappa shape index (κ2) is 9.03. The molecule has 9 heteroatoms. The molecule has 0 saturated heterocycles. The van der Waals surface area contributed by atoms with Crippen LogP contribution < -0.4 is 10.7 Å². The molecule has 0 bridgehead atoms. The topological polar surface area (TPSA) is 108 Å². The van der Waals surface area contributed by atoms with Crippen molar-refractivity contribution >= 4 is 57.1 Å². The van der Waals surface area contributed by atoms with Crippen LogP contribution in [0.1, 0.15) is 32.6 Å². The van der Waals surface area contributed by atoms with Crippen molar-refractivity contribution in [2.24, 2.45) is 0 Å². The molecular weight excluding hydrogens is 432 g/mol. The Labute approximate surface area is 186 Å². The zero-order valence-electron chi connectivity index (χ0n) is 17.2. The number of rotatable bonds is 6. The van der Waals surface area contributed by atoms with E-state index in [2.05, 4.69) is 10.3 Å². The number of benzene rings is 1. The number of anilines is 1. The fraction of sp³-hybridized carbons (Fsp3) is 0.130. The molecule has 3 aromatic heterocycles. The van der Waals surface area contributed by atoms with Crippen molar-refractivity contribution in [2.45, 2.75) is 6.92 Å². The Morgan fingerprint density at radius 2 is 2.00 bits per heavy atom. The van der Waals surface area contributed by atoms with Crippen LogP contribution in [0.2, 0.25) is 0 Å². The molecule has 0 amide bonds. The number of aromatic nitrogens is 1. The number of hydrogen-bond donors (Lipinski definition) is 1. The van der Waals surface area contributed by atoms with Gasteiger partial charge in [-0.3, -0.25) is 4.79 Å². The van der Waals surface area contributed by atoms with Gasteiger partial charge in [0.05, 0.1) is 41.4 Å². The lowest BCUT2D eigenvalue weighted by Gasteiger charge is -2.08. The highest BCUT2D eigenvalue weighted by atomic mass is 32.1. The van der Waals surface area contributed by atoms with E-state index in [0.717, 1.165) is 0 Å². The molecule has 4 rings (SSSR count). The normalized spacial score (nSPS) is 11.2. The van der Waals surface area contributed by atoms with Crippen LogP contribution in [0.4, 0.5) is 5.69 Å². The number of ether oxygens (including phenoxy) is 2. The first-order valence-electron chi connectivity index (χ1n) is 9.66. The molecule has 162 valence electrons. The smallest absolute Gasteiger partial charge is 0.350 e. The second-order valence-electron chi connectivity index (χ2n) is 6.55. The quantitative estimate of drug-likeness (QED) is 0.339. The van der Waals surface area contributed by atoms with Crippen LogP contribution in [-0.2, 0) is 9.47 Å². The fourth-order valence-corrected chi connectivity index (χ4v) is 3.90. The lowest BCUT2D eigenvalue weighted by Crippen LogP contribution is -2.11. The van der Waals surface area contributed by atoms with E-state index in [1.807, 2.05) is 0 Å². The van der Waals surface area contributed by atoms with E-state index in [9.17, 15) is 14.4 Å². The molecule has 0 aliphatic rings. The Hall–Kier alpha value is -3.98. The van der Waals surface area contributed by atoms with Gasteiger partial charge in [0.1, 0.15) is 10.5 Å². The van der Waals surface area contributed by atoms with E-state index in [1.54, 1.807) is 48.7 Å². The average Bonchev–Trinajstić information content (AvgIpc) is 3.27. The maximum Gasteiger partial charge on any atom is 0.350 e. The summed E-state index contributed by atoms with van der Waals surface area (Å²) in [6.07, 6.45) is 3.07. The van der Waals surface area contributed by atoms with Gasteiger partial charge in [0.15, 0.2) is 0 Å². The standard InChI is InChI=1S/C23H18N2O6S/c1-3-30-22(27)14-12-15-19(26)13-6-4-5-7-18(13)31-21(15)25-16(14)8-10-24-17-9-11-32-20(17)23(28)29-2/h4-12,24H,3H2,1-2H3/b10-8+. The fourth-order valence-electron chi connectivity index (χ4n) is 3.13. The summed E-state index contributed by atoms with van der Waals surface area (Å²) in [5, 5.41) is 5.32. The van der Waals surface area contributed by atoms with Gasteiger partial charge in [-0.1, -0.05) is 12.1 Å². The summed E-state index contributed by atoms with van der Waals surface area (Å²) >= 11 is 1.24. The number of thiophene rings is 1. The minimum absolute atomic E-state index is 0.104. The van der Waals surface area contributed by atoms with Gasteiger partial charge in [-0.2, -0.15) is 0 Å². The molecule has 0 spiro atoms. The molecule has 0 aliphatic heterocycles. The number of nitrogens with zero attached hydrogens (tertiary/aromatic N) is 1. The molecule has 0 unspecified atom stereocenters. The van der Waals surface area contributed by atoms with Gasteiger partial charge in [-0.25, -0.2) is 14.6 Å². The molecule has 0 atom stereocenters. The number of carbonyl (C=O) groups is 2. The Morgan fingerprint density at radius 3 is 2.78 bits per heavy atom. The number of carbonyl (C=O) groups excluding carboxylic acids is 2. The van der Waals surface area contributed by atoms with E-state index in [4.69, 9.17) is 13.9 Å². The third kappa shape index (κ3) is 3.97. The highest BCUT2D eigenvalue weighted by Crippen LogP contribution is 2.24. The van der Waals surface area contributed by atoms with Gasteiger partial charge >= 0.3 is 11.9 Å². The van der Waals surface area contributed by atoms with Crippen molar-refractivity contribution in [3.8, 4) is 0 Å². The van der Waals surface area contributed by atoms with Gasteiger partial charge in [-0.05, 0) is 42.6 Å². The number of methoxy groups -OCH3 is 1. The van der Waals surface area contributed by atoms with Crippen molar-refractivity contribution in [3.63, 3.8) is 0 Å². The monoisotopic (exact) mass is 450 g/mol. The lowest BCUT2D eigenvalue weighted by molar-refractivity contribution is 0.0525. The van der Waals surface area contributed by atoms with Crippen molar-refractivity contribution < 1.29 is 23.5 Å². The number of esters is 2. The third-order valence-corrected chi connectivity index (χ3v) is 5.51. The van der Waals surface area contributed by atoms with E-state index in [1.165, 1.54) is 30.7 Å². The molecule has 0 radical (unpaired) electrons. The first kappa shape index (κ1) is 21.3. The molecular formula is C23H18N2O6S. The Kier molecular flexibility index (Phi) is 6.00. The summed E-state index contributed by atoms with van der Waals surface area (Å²) in [7, 11) is 1.31. The van der Waals surface area contributed by atoms with Gasteiger partial charge in [0.2, 0.25) is 11.1 Å². The second-order valence-corrected chi connectivity index (χ2v) is 7.47. The van der Waals surface area contributed by atoms with Gasteiger partial charge in [-0.15, -0.1) is 11.3 Å². The molecule has 0 saturated carbocycles. The molecule has 1 N–H and O–H groups in total. The molecule has 1 aromatic carbocycles. The van der Waals surface area contributed by atoms with Crippen LogP contribution in [0.3, 0.4) is 0 Å². The van der Waals surface area contributed by atoms with Crippen LogP contribution >= 0.6 is 11.3 Å². The summed E-state index contributed by atoms with van der Waals surface area (Å²) in [5.41, 5.74) is 1.14. The minimum atomic E-state index is -0.611. The lowest BCUT2D eigenvalue weighted by atomic mass is 10.1. The average molecular weight is 450 g/mol. The summed E-state index contributed by atoms with van der Waals surface area (Å²) in [4.78, 5) is 42.1. The molecule has 32 heavy (non-hydrogen) atoms. The summed E-state index contributed by atoms with van der Waals surface area (Å²) < 4.78 is 15.7. The maximum atomic E-state index is 12.9. The Morgan fingerprint density at radius 1 is 1.19 bits per heavy atom. The zero-order valence-corrected chi connectivity index (χ0v) is 18.0. The minimum Gasteiger partial charge on any atom is -0.465 e. The van der Waals surface area contributed by atoms with E-state index < -0.39 is 11.9 Å². The van der Waals surface area contributed by atoms with E-state index in [-0.39, 0.29) is 34.4 Å². The van der Waals surface area contributed by atoms with Crippen molar-refractivity contribution in [3.05, 3.63) is 74.3 Å². The molecule has 4 aromatic rings. The van der Waals surface area contributed by atoms with Crippen LogP contribution in [0.5, 0.6) is 0 Å². The molecule has 8 nitrogen and oxygen atoms in total. The molecule has 0 fully saturated rings. The summed E-state index contributed by atoms with van der Waals surface area (Å²) in [6, 6.07) is 9.99. The third-order valence-electron chi connectivity index (χ3n) is 4.61. The number of nitrogens with one attached hydrogen (secondary N) is 1. The van der Waals surface area contributed by atoms with Gasteiger partial charge < -0.3 is 19.2 Å². The van der Waals surface area contributed by atoms with Crippen molar-refractivity contribution in [2.75, 3.05) is 19.0 Å². The zero-order chi connectivity index (χ0) is 22.7. The SMILES string of the molecule is CCOC(=O)c1cc2c(=O)c3ccccc3oc2nc1/C=C/Nc1ccsc1C(=O)OC. The maximum absolute atomic E-state index is 12.9. The van der Waals surface area contributed by atoms with Gasteiger partial charge in [0, 0.05) is 6.20 Å². The highest BCUT2D eigenvalue weighted by Gasteiger charge is 2.18. The van der Waals surface area contributed by atoms with Crippen molar-refractivity contribution in [1.29, 1.82) is 0 Å². The van der Waals surface area contributed by atoms with Crippen LogP contribution in [-0.4, -0.2) is 30.6 Å². The Bertz CT molecular complexity index is 1420. The first-order chi connectivity index (χ1) is 15.5. The number of para-hydroxylation sites is 1. The van der Waals surface area contributed by atoms with Crippen LogP contribution in [0, 0.1) is 0 Å². The molecule has 0 aliphatic carbocycles. The Balaban J connectivity index is 1.79. The molecule has 3 heterocycles. The number of pyridine rings is 1. The van der Waals surface area contributed by atoms with Crippen LogP contribution in [0.15, 0.2) is 57.2 Å². The van der Waals surface area contributed by atoms with Crippen LogP contribution in [0.25, 0.3) is 28.1 Å². The largest absolute Gasteiger partial charge is 0.465 e.